The molecule has 1 heterocycles. The second-order valence-corrected chi connectivity index (χ2v) is 9.21. The van der Waals surface area contributed by atoms with Gasteiger partial charge in [0.05, 0.1) is 17.1 Å². The highest BCUT2D eigenvalue weighted by Gasteiger charge is 2.30. The summed E-state index contributed by atoms with van der Waals surface area (Å²) in [6.07, 6.45) is 7.36. The first-order valence-electron chi connectivity index (χ1n) is 7.78. The van der Waals surface area contributed by atoms with Crippen molar-refractivity contribution in [2.75, 3.05) is 6.61 Å². The first kappa shape index (κ1) is 21.0. The Hall–Kier alpha value is -1.03. The van der Waals surface area contributed by atoms with Gasteiger partial charge in [-0.05, 0) is 24.8 Å². The van der Waals surface area contributed by atoms with Gasteiger partial charge in [0.1, 0.15) is 0 Å². The summed E-state index contributed by atoms with van der Waals surface area (Å²) in [7, 11) is -9.12. The highest BCUT2D eigenvalue weighted by Crippen LogP contribution is 2.27. The number of hydrogen-bond donors (Lipinski definition) is 0. The van der Waals surface area contributed by atoms with Gasteiger partial charge in [0.25, 0.3) is 0 Å². The fourth-order valence-corrected chi connectivity index (χ4v) is 4.61. The molecule has 7 nitrogen and oxygen atoms in total. The van der Waals surface area contributed by atoms with Crippen LogP contribution in [0.2, 0.25) is 0 Å². The SMILES string of the molecule is C=C(CC(C)C)S(=O)(=O)OS(=O)(=O)OCCC1(CCC)C=CC=N1. The Balaban J connectivity index is 2.62. The molecule has 0 aromatic carbocycles. The third-order valence-corrected chi connectivity index (χ3v) is 6.14. The largest absolute Gasteiger partial charge is 0.414 e. The zero-order chi connectivity index (χ0) is 18.4. The molecule has 0 fully saturated rings. The summed E-state index contributed by atoms with van der Waals surface area (Å²) in [5.41, 5.74) is -0.496. The van der Waals surface area contributed by atoms with Crippen LogP contribution in [0.4, 0.5) is 0 Å². The number of hydrogen-bond acceptors (Lipinski definition) is 7. The third kappa shape index (κ3) is 6.46. The lowest BCUT2D eigenvalue weighted by Gasteiger charge is -2.23. The maximum atomic E-state index is 11.9. The molecule has 0 N–H and O–H groups in total. The lowest BCUT2D eigenvalue weighted by molar-refractivity contribution is 0.248. The van der Waals surface area contributed by atoms with Gasteiger partial charge in [0, 0.05) is 12.6 Å². The smallest absolute Gasteiger partial charge is 0.282 e. The van der Waals surface area contributed by atoms with Crippen molar-refractivity contribution < 1.29 is 24.6 Å². The van der Waals surface area contributed by atoms with Gasteiger partial charge in [-0.15, -0.1) is 3.63 Å². The van der Waals surface area contributed by atoms with Crippen LogP contribution in [0.3, 0.4) is 0 Å². The summed E-state index contributed by atoms with van der Waals surface area (Å²) in [5, 5.41) is 0. The van der Waals surface area contributed by atoms with Crippen molar-refractivity contribution in [3.8, 4) is 0 Å². The zero-order valence-electron chi connectivity index (χ0n) is 14.3. The van der Waals surface area contributed by atoms with E-state index in [1.165, 1.54) is 0 Å². The van der Waals surface area contributed by atoms with Gasteiger partial charge >= 0.3 is 20.5 Å². The van der Waals surface area contributed by atoms with Crippen molar-refractivity contribution >= 4 is 26.7 Å². The molecule has 9 heteroatoms. The van der Waals surface area contributed by atoms with Crippen LogP contribution in [0.1, 0.15) is 46.5 Å². The van der Waals surface area contributed by atoms with E-state index < -0.39 is 26.1 Å². The Morgan fingerprint density at radius 3 is 2.42 bits per heavy atom. The van der Waals surface area contributed by atoms with Crippen LogP contribution in [0.5, 0.6) is 0 Å². The molecule has 1 unspecified atom stereocenters. The van der Waals surface area contributed by atoms with E-state index in [1.54, 1.807) is 26.1 Å². The molecular formula is C15H25NO6S2. The molecule has 138 valence electrons. The molecule has 1 aliphatic rings. The normalized spacial score (nSPS) is 20.8. The van der Waals surface area contributed by atoms with Gasteiger partial charge in [0.15, 0.2) is 0 Å². The molecule has 0 aromatic heterocycles. The van der Waals surface area contributed by atoms with Gasteiger partial charge < -0.3 is 0 Å². The molecule has 0 aromatic rings. The molecule has 1 atom stereocenters. The van der Waals surface area contributed by atoms with E-state index in [0.29, 0.717) is 6.42 Å². The Morgan fingerprint density at radius 2 is 1.92 bits per heavy atom. The van der Waals surface area contributed by atoms with Crippen LogP contribution in [-0.2, 0) is 28.3 Å². The predicted molar refractivity (Wildman–Crippen MR) is 93.4 cm³/mol. The minimum atomic E-state index is -4.68. The van der Waals surface area contributed by atoms with E-state index in [-0.39, 0.29) is 23.9 Å². The third-order valence-electron chi connectivity index (χ3n) is 3.43. The minimum Gasteiger partial charge on any atom is -0.282 e. The molecule has 1 rings (SSSR count). The number of allylic oxidation sites excluding steroid dienone is 2. The van der Waals surface area contributed by atoms with Crippen molar-refractivity contribution in [3.05, 3.63) is 23.6 Å². The molecule has 0 amide bonds. The lowest BCUT2D eigenvalue weighted by Crippen LogP contribution is -2.26. The van der Waals surface area contributed by atoms with Gasteiger partial charge in [-0.25, -0.2) is 4.18 Å². The van der Waals surface area contributed by atoms with Gasteiger partial charge in [-0.1, -0.05) is 39.8 Å². The van der Waals surface area contributed by atoms with Crippen molar-refractivity contribution in [2.24, 2.45) is 10.9 Å². The fraction of sp³-hybridized carbons (Fsp3) is 0.667. The topological polar surface area (TPSA) is 99.1 Å². The Kier molecular flexibility index (Phi) is 7.33. The quantitative estimate of drug-likeness (QED) is 0.547. The van der Waals surface area contributed by atoms with Crippen LogP contribution in [0, 0.1) is 5.92 Å². The molecule has 24 heavy (non-hydrogen) atoms. The van der Waals surface area contributed by atoms with Crippen molar-refractivity contribution in [1.29, 1.82) is 0 Å². The number of aliphatic imine (C=N–C) groups is 1. The Morgan fingerprint density at radius 1 is 1.25 bits per heavy atom. The van der Waals surface area contributed by atoms with Crippen LogP contribution < -0.4 is 0 Å². The first-order valence-corrected chi connectivity index (χ1v) is 10.5. The molecule has 0 radical (unpaired) electrons. The van der Waals surface area contributed by atoms with Crippen LogP contribution in [-0.4, -0.2) is 35.2 Å². The summed E-state index contributed by atoms with van der Waals surface area (Å²) in [6.45, 7) is 8.71. The molecule has 0 spiro atoms. The standard InChI is InChI=1S/C15H25NO6S2/c1-5-7-15(8-6-10-16-15)9-11-21-24(19,20)22-23(17,18)14(4)12-13(2)3/h6,8,10,13H,4-5,7,9,11-12H2,1-3H3. The average molecular weight is 380 g/mol. The van der Waals surface area contributed by atoms with Crippen molar-refractivity contribution in [2.45, 2.75) is 52.0 Å². The minimum absolute atomic E-state index is 0.000384. The summed E-state index contributed by atoms with van der Waals surface area (Å²) in [5.74, 6) is 0.000384. The maximum absolute atomic E-state index is 11.9. The molecular weight excluding hydrogens is 354 g/mol. The van der Waals surface area contributed by atoms with E-state index in [4.69, 9.17) is 0 Å². The second-order valence-electron chi connectivity index (χ2n) is 6.13. The molecule has 1 aliphatic heterocycles. The van der Waals surface area contributed by atoms with Gasteiger partial charge in [-0.3, -0.25) is 4.99 Å². The van der Waals surface area contributed by atoms with E-state index in [1.807, 2.05) is 13.0 Å². The van der Waals surface area contributed by atoms with Crippen LogP contribution >= 0.6 is 0 Å². The summed E-state index contributed by atoms with van der Waals surface area (Å²) in [6, 6.07) is 0. The van der Waals surface area contributed by atoms with E-state index in [2.05, 4.69) is 19.4 Å². The van der Waals surface area contributed by atoms with Gasteiger partial charge in [-0.2, -0.15) is 16.8 Å². The molecule has 0 aliphatic carbocycles. The van der Waals surface area contributed by atoms with Crippen molar-refractivity contribution in [1.82, 2.24) is 0 Å². The van der Waals surface area contributed by atoms with E-state index >= 15 is 0 Å². The Labute approximate surface area is 144 Å². The van der Waals surface area contributed by atoms with Crippen molar-refractivity contribution in [3.63, 3.8) is 0 Å². The van der Waals surface area contributed by atoms with E-state index in [0.717, 1.165) is 12.8 Å². The van der Waals surface area contributed by atoms with Crippen LogP contribution in [0.25, 0.3) is 0 Å². The average Bonchev–Trinajstić information content (AvgIpc) is 2.85. The highest BCUT2D eigenvalue weighted by molar-refractivity contribution is 8.00. The maximum Gasteiger partial charge on any atom is 0.414 e. The number of nitrogens with zero attached hydrogens (tertiary/aromatic N) is 1. The summed E-state index contributed by atoms with van der Waals surface area (Å²) >= 11 is 0. The van der Waals surface area contributed by atoms with E-state index in [9.17, 15) is 16.8 Å². The number of rotatable bonds is 11. The lowest BCUT2D eigenvalue weighted by atomic mass is 9.92. The first-order chi connectivity index (χ1) is 11.0. The molecule has 0 bridgehead atoms. The summed E-state index contributed by atoms with van der Waals surface area (Å²) in [4.78, 5) is 4.03. The van der Waals surface area contributed by atoms with Gasteiger partial charge in [0.2, 0.25) is 0 Å². The summed E-state index contributed by atoms with van der Waals surface area (Å²) < 4.78 is 56.1. The second kappa shape index (κ2) is 8.37. The predicted octanol–water partition coefficient (Wildman–Crippen LogP) is 2.72. The highest BCUT2D eigenvalue weighted by atomic mass is 32.3. The Bertz CT molecular complexity index is 692. The monoisotopic (exact) mass is 379 g/mol. The van der Waals surface area contributed by atoms with Crippen LogP contribution in [0.15, 0.2) is 28.6 Å². The molecule has 0 saturated heterocycles. The zero-order valence-corrected chi connectivity index (χ0v) is 15.9. The molecule has 0 saturated carbocycles. The fourth-order valence-electron chi connectivity index (χ4n) is 2.37.